The quantitative estimate of drug-likeness (QED) is 0.547. The third kappa shape index (κ3) is 2.25. The fraction of sp³-hybridized carbons (Fsp3) is 0.143. The smallest absolute Gasteiger partial charge is 0.232 e. The maximum atomic E-state index is 11.2. The molecule has 0 saturated heterocycles. The molecule has 1 aromatic carbocycles. The summed E-state index contributed by atoms with van der Waals surface area (Å²) in [7, 11) is 1.49. The first-order valence-electron chi connectivity index (χ1n) is 6.14. The molecule has 0 bridgehead atoms. The summed E-state index contributed by atoms with van der Waals surface area (Å²) < 4.78 is 2.65. The number of thiophene rings is 1. The number of nitrogens with zero attached hydrogens (tertiary/aromatic N) is 4. The summed E-state index contributed by atoms with van der Waals surface area (Å²) in [6.45, 7) is 1.92. The number of benzene rings is 1. The van der Waals surface area contributed by atoms with Gasteiger partial charge in [-0.2, -0.15) is 5.10 Å². The van der Waals surface area contributed by atoms with Gasteiger partial charge in [0.25, 0.3) is 0 Å². The first-order chi connectivity index (χ1) is 9.65. The Bertz CT molecular complexity index is 816. The summed E-state index contributed by atoms with van der Waals surface area (Å²) in [6.07, 6.45) is 1.75. The van der Waals surface area contributed by atoms with Crippen LogP contribution in [0.2, 0.25) is 0 Å². The Morgan fingerprint density at radius 1 is 1.30 bits per heavy atom. The van der Waals surface area contributed by atoms with E-state index in [1.807, 2.05) is 37.3 Å². The molecule has 0 radical (unpaired) electrons. The molecule has 2 aromatic heterocycles. The SMILES string of the molecule is Cc1nc2ccccc2n1/N=C/c1ccc([N+](C)=O)s1. The Hall–Kier alpha value is -2.34. The van der Waals surface area contributed by atoms with E-state index in [4.69, 9.17) is 0 Å². The zero-order chi connectivity index (χ0) is 14.1. The molecule has 0 atom stereocenters. The van der Waals surface area contributed by atoms with Gasteiger partial charge < -0.3 is 0 Å². The maximum absolute atomic E-state index is 11.2. The van der Waals surface area contributed by atoms with Crippen LogP contribution in [0.25, 0.3) is 11.0 Å². The van der Waals surface area contributed by atoms with Crippen LogP contribution in [0, 0.1) is 11.8 Å². The van der Waals surface area contributed by atoms with Crippen molar-refractivity contribution in [1.29, 1.82) is 0 Å². The molecule has 2 heterocycles. The van der Waals surface area contributed by atoms with Crippen LogP contribution in [0.5, 0.6) is 0 Å². The third-order valence-electron chi connectivity index (χ3n) is 2.92. The predicted octanol–water partition coefficient (Wildman–Crippen LogP) is 3.33. The fourth-order valence-electron chi connectivity index (χ4n) is 1.98. The average molecular weight is 285 g/mol. The molecule has 20 heavy (non-hydrogen) atoms. The Balaban J connectivity index is 1.97. The topological polar surface area (TPSA) is 50.3 Å². The largest absolute Gasteiger partial charge is 0.311 e. The highest BCUT2D eigenvalue weighted by atomic mass is 32.1. The molecule has 0 unspecified atom stereocenters. The van der Waals surface area contributed by atoms with Crippen LogP contribution in [0.3, 0.4) is 0 Å². The molecule has 0 spiro atoms. The zero-order valence-electron chi connectivity index (χ0n) is 11.1. The number of aryl methyl sites for hydroxylation is 1. The Labute approximate surface area is 119 Å². The van der Waals surface area contributed by atoms with Gasteiger partial charge in [-0.1, -0.05) is 23.5 Å². The monoisotopic (exact) mass is 285 g/mol. The van der Waals surface area contributed by atoms with Gasteiger partial charge in [0.15, 0.2) is 7.05 Å². The Morgan fingerprint density at radius 2 is 2.10 bits per heavy atom. The van der Waals surface area contributed by atoms with E-state index < -0.39 is 0 Å². The minimum Gasteiger partial charge on any atom is -0.232 e. The van der Waals surface area contributed by atoms with Crippen molar-refractivity contribution in [3.8, 4) is 0 Å². The van der Waals surface area contributed by atoms with Crippen molar-refractivity contribution in [3.05, 3.63) is 52.0 Å². The van der Waals surface area contributed by atoms with Crippen LogP contribution in [-0.4, -0.2) is 27.7 Å². The second-order valence-electron chi connectivity index (χ2n) is 4.38. The highest BCUT2D eigenvalue weighted by molar-refractivity contribution is 7.16. The van der Waals surface area contributed by atoms with Crippen LogP contribution < -0.4 is 0 Å². The van der Waals surface area contributed by atoms with Gasteiger partial charge in [-0.05, 0) is 25.1 Å². The van der Waals surface area contributed by atoms with Crippen LogP contribution >= 0.6 is 11.3 Å². The number of hydrogen-bond acceptors (Lipinski definition) is 4. The average Bonchev–Trinajstić information content (AvgIpc) is 3.00. The number of nitroso groups, excluding NO2 is 1. The molecule has 0 N–H and O–H groups in total. The van der Waals surface area contributed by atoms with Crippen LogP contribution in [0.4, 0.5) is 5.00 Å². The molecule has 0 aliphatic carbocycles. The lowest BCUT2D eigenvalue weighted by atomic mass is 10.3. The van der Waals surface area contributed by atoms with Crippen molar-refractivity contribution >= 4 is 33.6 Å². The summed E-state index contributed by atoms with van der Waals surface area (Å²) in [5, 5.41) is 5.12. The molecule has 100 valence electrons. The van der Waals surface area contributed by atoms with Gasteiger partial charge in [0.1, 0.15) is 5.82 Å². The van der Waals surface area contributed by atoms with E-state index in [0.717, 1.165) is 26.5 Å². The van der Waals surface area contributed by atoms with Crippen molar-refractivity contribution < 1.29 is 4.76 Å². The molecule has 0 aliphatic heterocycles. The molecule has 0 aliphatic rings. The molecule has 0 amide bonds. The highest BCUT2D eigenvalue weighted by Gasteiger charge is 2.10. The lowest BCUT2D eigenvalue weighted by Gasteiger charge is -1.96. The van der Waals surface area contributed by atoms with Crippen LogP contribution in [-0.2, 0) is 0 Å². The lowest BCUT2D eigenvalue weighted by molar-refractivity contribution is -0.423. The van der Waals surface area contributed by atoms with Gasteiger partial charge in [-0.15, -0.1) is 0 Å². The summed E-state index contributed by atoms with van der Waals surface area (Å²) in [6, 6.07) is 11.5. The molecule has 3 aromatic rings. The van der Waals surface area contributed by atoms with E-state index >= 15 is 0 Å². The summed E-state index contributed by atoms with van der Waals surface area (Å²) in [4.78, 5) is 16.6. The fourth-order valence-corrected chi connectivity index (χ4v) is 2.72. The number of para-hydroxylation sites is 2. The van der Waals surface area contributed by atoms with Crippen molar-refractivity contribution in [1.82, 2.24) is 9.66 Å². The highest BCUT2D eigenvalue weighted by Crippen LogP contribution is 2.22. The van der Waals surface area contributed by atoms with Crippen molar-refractivity contribution in [3.63, 3.8) is 0 Å². The van der Waals surface area contributed by atoms with Crippen molar-refractivity contribution in [2.45, 2.75) is 6.92 Å². The molecule has 0 fully saturated rings. The predicted molar refractivity (Wildman–Crippen MR) is 81.0 cm³/mol. The summed E-state index contributed by atoms with van der Waals surface area (Å²) in [5.41, 5.74) is 1.90. The van der Waals surface area contributed by atoms with Gasteiger partial charge >= 0.3 is 5.00 Å². The molecule has 5 nitrogen and oxygen atoms in total. The molecular weight excluding hydrogens is 272 g/mol. The third-order valence-corrected chi connectivity index (χ3v) is 4.00. The first-order valence-corrected chi connectivity index (χ1v) is 6.96. The van der Waals surface area contributed by atoms with Gasteiger partial charge in [0, 0.05) is 15.7 Å². The van der Waals surface area contributed by atoms with E-state index in [2.05, 4.69) is 10.1 Å². The molecular formula is C14H13N4OS+. The van der Waals surface area contributed by atoms with Crippen LogP contribution in [0.15, 0.2) is 41.5 Å². The van der Waals surface area contributed by atoms with Gasteiger partial charge in [0.2, 0.25) is 0 Å². The maximum Gasteiger partial charge on any atom is 0.311 e. The van der Waals surface area contributed by atoms with E-state index in [1.54, 1.807) is 17.0 Å². The van der Waals surface area contributed by atoms with Crippen molar-refractivity contribution in [2.75, 3.05) is 7.05 Å². The van der Waals surface area contributed by atoms with Gasteiger partial charge in [-0.25, -0.2) is 9.66 Å². The normalized spacial score (nSPS) is 11.5. The van der Waals surface area contributed by atoms with E-state index in [1.165, 1.54) is 18.4 Å². The van der Waals surface area contributed by atoms with E-state index in [0.29, 0.717) is 5.00 Å². The summed E-state index contributed by atoms with van der Waals surface area (Å²) >= 11 is 1.40. The van der Waals surface area contributed by atoms with Crippen LogP contribution in [0.1, 0.15) is 10.7 Å². The molecule has 3 rings (SSSR count). The number of aromatic nitrogens is 2. The second-order valence-corrected chi connectivity index (χ2v) is 5.47. The Kier molecular flexibility index (Phi) is 3.15. The second kappa shape index (κ2) is 4.97. The number of hydrogen-bond donors (Lipinski definition) is 0. The zero-order valence-corrected chi connectivity index (χ0v) is 12.0. The van der Waals surface area contributed by atoms with Crippen molar-refractivity contribution in [2.24, 2.45) is 5.10 Å². The van der Waals surface area contributed by atoms with E-state index in [9.17, 15) is 4.91 Å². The number of imidazole rings is 1. The van der Waals surface area contributed by atoms with Gasteiger partial charge in [-0.3, -0.25) is 0 Å². The lowest BCUT2D eigenvalue weighted by Crippen LogP contribution is -1.92. The number of rotatable bonds is 3. The summed E-state index contributed by atoms with van der Waals surface area (Å²) in [5.74, 6) is 0.833. The number of fused-ring (bicyclic) bond motifs is 1. The van der Waals surface area contributed by atoms with E-state index in [-0.39, 0.29) is 0 Å². The minimum absolute atomic E-state index is 0.665. The van der Waals surface area contributed by atoms with Gasteiger partial charge in [0.05, 0.1) is 22.1 Å². The Morgan fingerprint density at radius 3 is 2.85 bits per heavy atom. The minimum atomic E-state index is 0.665. The first kappa shape index (κ1) is 12.7. The standard InChI is InChI=1S/C14H13N4OS/c1-10-16-12-5-3-4-6-13(12)18(10)15-9-11-7-8-14(20-11)17(2)19/h3-9H,1-2H3/q+1/b15-9+. The molecule has 6 heteroatoms. The molecule has 0 saturated carbocycles.